The second kappa shape index (κ2) is 7.36. The molecule has 0 aliphatic carbocycles. The van der Waals surface area contributed by atoms with Crippen molar-refractivity contribution in [1.29, 1.82) is 0 Å². The van der Waals surface area contributed by atoms with Gasteiger partial charge < -0.3 is 10.1 Å². The van der Waals surface area contributed by atoms with Crippen LogP contribution >= 0.6 is 11.8 Å². The summed E-state index contributed by atoms with van der Waals surface area (Å²) >= 11 is 1.49. The summed E-state index contributed by atoms with van der Waals surface area (Å²) in [5.41, 5.74) is 1.13. The highest BCUT2D eigenvalue weighted by atomic mass is 32.2. The molecule has 1 N–H and O–H groups in total. The normalized spacial score (nSPS) is 11.1. The number of hydrogen-bond donors (Lipinski definition) is 1. The molecule has 122 valence electrons. The number of aromatic nitrogens is 1. The van der Waals surface area contributed by atoms with Gasteiger partial charge in [0, 0.05) is 0 Å². The van der Waals surface area contributed by atoms with Crippen molar-refractivity contribution >= 4 is 23.4 Å². The average molecular weight is 342 g/mol. The molecule has 1 amide bonds. The van der Waals surface area contributed by atoms with Crippen LogP contribution in [-0.4, -0.2) is 23.5 Å². The lowest BCUT2D eigenvalue weighted by atomic mass is 10.1. The predicted molar refractivity (Wildman–Crippen MR) is 81.5 cm³/mol. The molecule has 0 aliphatic heterocycles. The first-order chi connectivity index (χ1) is 10.9. The zero-order valence-corrected chi connectivity index (χ0v) is 12.9. The minimum atomic E-state index is -4.73. The van der Waals surface area contributed by atoms with Crippen LogP contribution in [0.2, 0.25) is 0 Å². The molecule has 0 spiro atoms. The molecular weight excluding hydrogens is 329 g/mol. The summed E-state index contributed by atoms with van der Waals surface area (Å²) in [7, 11) is 0. The number of carbonyl (C=O) groups is 1. The fourth-order valence-electron chi connectivity index (χ4n) is 1.77. The number of nitrogens with one attached hydrogen (secondary N) is 1. The maximum Gasteiger partial charge on any atom is 0.573 e. The second-order valence-corrected chi connectivity index (χ2v) is 5.33. The van der Waals surface area contributed by atoms with Crippen LogP contribution in [0.5, 0.6) is 5.75 Å². The highest BCUT2D eigenvalue weighted by molar-refractivity contribution is 7.98. The number of anilines is 1. The Morgan fingerprint density at radius 1 is 1.22 bits per heavy atom. The van der Waals surface area contributed by atoms with Crippen molar-refractivity contribution in [2.24, 2.45) is 0 Å². The first kappa shape index (κ1) is 17.1. The number of carbonyl (C=O) groups excluding carboxylic acids is 1. The maximum absolute atomic E-state index is 12.1. The van der Waals surface area contributed by atoms with Gasteiger partial charge in [-0.2, -0.15) is 0 Å². The van der Waals surface area contributed by atoms with Gasteiger partial charge in [0.2, 0.25) is 5.91 Å². The predicted octanol–water partition coefficient (Wildman–Crippen LogP) is 3.88. The molecule has 23 heavy (non-hydrogen) atoms. The third-order valence-electron chi connectivity index (χ3n) is 2.75. The number of hydrogen-bond acceptors (Lipinski definition) is 4. The van der Waals surface area contributed by atoms with Gasteiger partial charge in [-0.25, -0.2) is 4.98 Å². The smallest absolute Gasteiger partial charge is 0.406 e. The Morgan fingerprint density at radius 2 is 1.91 bits per heavy atom. The van der Waals surface area contributed by atoms with Crippen LogP contribution in [0.25, 0.3) is 0 Å². The fraction of sp³-hybridized carbons (Fsp3) is 0.200. The van der Waals surface area contributed by atoms with Crippen LogP contribution < -0.4 is 10.1 Å². The molecule has 1 aromatic carbocycles. The standard InChI is InChI=1S/C15H13F3N2O2S/c1-23-14-7-4-11(9-19-14)20-13(21)8-10-2-5-12(6-3-10)22-15(16,17)18/h2-7,9H,8H2,1H3,(H,20,21). The highest BCUT2D eigenvalue weighted by Gasteiger charge is 2.30. The summed E-state index contributed by atoms with van der Waals surface area (Å²) < 4.78 is 39.9. The maximum atomic E-state index is 12.1. The van der Waals surface area contributed by atoms with E-state index in [9.17, 15) is 18.0 Å². The summed E-state index contributed by atoms with van der Waals surface area (Å²) in [6.07, 6.45) is -1.25. The fourth-order valence-corrected chi connectivity index (χ4v) is 2.14. The molecule has 0 atom stereocenters. The van der Waals surface area contributed by atoms with Gasteiger partial charge in [-0.3, -0.25) is 4.79 Å². The Hall–Kier alpha value is -2.22. The quantitative estimate of drug-likeness (QED) is 0.838. The number of benzene rings is 1. The van der Waals surface area contributed by atoms with Crippen LogP contribution in [0.3, 0.4) is 0 Å². The first-order valence-corrected chi connectivity index (χ1v) is 7.73. The lowest BCUT2D eigenvalue weighted by molar-refractivity contribution is -0.274. The van der Waals surface area contributed by atoms with Crippen molar-refractivity contribution in [3.63, 3.8) is 0 Å². The third-order valence-corrected chi connectivity index (χ3v) is 3.41. The van der Waals surface area contributed by atoms with Crippen molar-refractivity contribution in [2.45, 2.75) is 17.8 Å². The van der Waals surface area contributed by atoms with E-state index >= 15 is 0 Å². The number of nitrogens with zero attached hydrogens (tertiary/aromatic N) is 1. The molecule has 1 heterocycles. The van der Waals surface area contributed by atoms with Gasteiger partial charge in [0.05, 0.1) is 23.3 Å². The van der Waals surface area contributed by atoms with Gasteiger partial charge in [0.1, 0.15) is 5.75 Å². The van der Waals surface area contributed by atoms with Gasteiger partial charge in [-0.15, -0.1) is 24.9 Å². The van der Waals surface area contributed by atoms with E-state index in [1.165, 1.54) is 36.0 Å². The van der Waals surface area contributed by atoms with Crippen LogP contribution in [-0.2, 0) is 11.2 Å². The van der Waals surface area contributed by atoms with E-state index in [1.54, 1.807) is 18.3 Å². The Bertz CT molecular complexity index is 658. The topological polar surface area (TPSA) is 51.2 Å². The van der Waals surface area contributed by atoms with Gasteiger partial charge in [-0.1, -0.05) is 12.1 Å². The van der Waals surface area contributed by atoms with Crippen molar-refractivity contribution in [3.05, 3.63) is 48.2 Å². The van der Waals surface area contributed by atoms with Crippen LogP contribution in [0.4, 0.5) is 18.9 Å². The van der Waals surface area contributed by atoms with Crippen molar-refractivity contribution in [3.8, 4) is 5.75 Å². The number of alkyl halides is 3. The van der Waals surface area contributed by atoms with E-state index in [0.29, 0.717) is 11.3 Å². The third kappa shape index (κ3) is 5.82. The summed E-state index contributed by atoms with van der Waals surface area (Å²) in [5, 5.41) is 3.51. The molecule has 4 nitrogen and oxygen atoms in total. The summed E-state index contributed by atoms with van der Waals surface area (Å²) in [6.45, 7) is 0. The number of rotatable bonds is 5. The Kier molecular flexibility index (Phi) is 5.49. The Morgan fingerprint density at radius 3 is 2.43 bits per heavy atom. The first-order valence-electron chi connectivity index (χ1n) is 6.50. The Labute approximate surface area is 135 Å². The zero-order chi connectivity index (χ0) is 16.9. The van der Waals surface area contributed by atoms with Crippen LogP contribution in [0.15, 0.2) is 47.6 Å². The molecule has 0 bridgehead atoms. The molecular formula is C15H13F3N2O2S. The summed E-state index contributed by atoms with van der Waals surface area (Å²) in [6, 6.07) is 8.68. The number of halogens is 3. The van der Waals surface area contributed by atoms with Gasteiger partial charge in [0.15, 0.2) is 0 Å². The van der Waals surface area contributed by atoms with E-state index in [4.69, 9.17) is 0 Å². The van der Waals surface area contributed by atoms with Crippen molar-refractivity contribution < 1.29 is 22.7 Å². The van der Waals surface area contributed by atoms with Crippen molar-refractivity contribution in [2.75, 3.05) is 11.6 Å². The average Bonchev–Trinajstić information content (AvgIpc) is 2.48. The number of amides is 1. The van der Waals surface area contributed by atoms with Crippen molar-refractivity contribution in [1.82, 2.24) is 4.98 Å². The number of thioether (sulfide) groups is 1. The Balaban J connectivity index is 1.91. The van der Waals surface area contributed by atoms with Gasteiger partial charge in [0.25, 0.3) is 0 Å². The zero-order valence-electron chi connectivity index (χ0n) is 12.1. The molecule has 0 saturated carbocycles. The molecule has 1 aromatic heterocycles. The minimum Gasteiger partial charge on any atom is -0.406 e. The van der Waals surface area contributed by atoms with Gasteiger partial charge in [-0.05, 0) is 36.1 Å². The molecule has 0 unspecified atom stereocenters. The summed E-state index contributed by atoms with van der Waals surface area (Å²) in [4.78, 5) is 16.0. The SMILES string of the molecule is CSc1ccc(NC(=O)Cc2ccc(OC(F)(F)F)cc2)cn1. The van der Waals surface area contributed by atoms with E-state index in [0.717, 1.165) is 5.03 Å². The molecule has 8 heteroatoms. The van der Waals surface area contributed by atoms with E-state index in [1.807, 2.05) is 6.26 Å². The molecule has 0 aliphatic rings. The lowest BCUT2D eigenvalue weighted by Gasteiger charge is -2.09. The molecule has 0 saturated heterocycles. The second-order valence-electron chi connectivity index (χ2n) is 4.51. The van der Waals surface area contributed by atoms with E-state index in [2.05, 4.69) is 15.0 Å². The molecule has 0 radical (unpaired) electrons. The van der Waals surface area contributed by atoms with E-state index in [-0.39, 0.29) is 18.1 Å². The lowest BCUT2D eigenvalue weighted by Crippen LogP contribution is -2.17. The largest absolute Gasteiger partial charge is 0.573 e. The molecule has 0 fully saturated rings. The number of ether oxygens (including phenoxy) is 1. The minimum absolute atomic E-state index is 0.0383. The highest BCUT2D eigenvalue weighted by Crippen LogP contribution is 2.23. The van der Waals surface area contributed by atoms with Crippen LogP contribution in [0, 0.1) is 0 Å². The monoisotopic (exact) mass is 342 g/mol. The number of pyridine rings is 1. The van der Waals surface area contributed by atoms with Gasteiger partial charge >= 0.3 is 6.36 Å². The molecule has 2 rings (SSSR count). The van der Waals surface area contributed by atoms with E-state index < -0.39 is 6.36 Å². The molecule has 2 aromatic rings. The van der Waals surface area contributed by atoms with Crippen LogP contribution in [0.1, 0.15) is 5.56 Å². The summed E-state index contributed by atoms with van der Waals surface area (Å²) in [5.74, 6) is -0.605.